The highest BCUT2D eigenvalue weighted by atomic mass is 127. The van der Waals surface area contributed by atoms with Gasteiger partial charge in [-0.1, -0.05) is 30.3 Å². The minimum atomic E-state index is 0. The van der Waals surface area contributed by atoms with Gasteiger partial charge in [-0.05, 0) is 24.5 Å². The lowest BCUT2D eigenvalue weighted by Gasteiger charge is -2.04. The molecule has 0 aliphatic rings. The van der Waals surface area contributed by atoms with Crippen LogP contribution in [-0.2, 0) is 6.42 Å². The van der Waals surface area contributed by atoms with Crippen molar-refractivity contribution >= 4 is 29.9 Å². The molecule has 0 saturated heterocycles. The lowest BCUT2D eigenvalue weighted by atomic mass is 10.1. The monoisotopic (exact) mass is 345 g/mol. The molecular formula is C13H20IN3. The molecule has 0 saturated carbocycles. The standard InChI is InChI=1S/C13H19N3.HI/c1-3-9-15-13(14)16-10-8-12-7-5-4-6-11(12)2;/h3-7H,1,8-10H2,2H3,(H3,14,15,16);1H. The van der Waals surface area contributed by atoms with Crippen molar-refractivity contribution in [3.8, 4) is 0 Å². The molecule has 0 unspecified atom stereocenters. The summed E-state index contributed by atoms with van der Waals surface area (Å²) in [6.07, 6.45) is 2.67. The number of halogens is 1. The zero-order valence-electron chi connectivity index (χ0n) is 10.1. The third-order valence-corrected chi connectivity index (χ3v) is 2.35. The highest BCUT2D eigenvalue weighted by Gasteiger charge is 1.96. The van der Waals surface area contributed by atoms with Crippen LogP contribution >= 0.6 is 24.0 Å². The number of hydrogen-bond donors (Lipinski definition) is 2. The quantitative estimate of drug-likeness (QED) is 0.372. The van der Waals surface area contributed by atoms with Gasteiger partial charge in [0, 0.05) is 13.1 Å². The maximum absolute atomic E-state index is 5.65. The number of guanidine groups is 1. The average Bonchev–Trinajstić information content (AvgIpc) is 2.29. The smallest absolute Gasteiger partial charge is 0.188 e. The van der Waals surface area contributed by atoms with Crippen LogP contribution in [0.1, 0.15) is 11.1 Å². The molecule has 0 radical (unpaired) electrons. The Labute approximate surface area is 120 Å². The highest BCUT2D eigenvalue weighted by molar-refractivity contribution is 14.0. The Morgan fingerprint density at radius 1 is 1.47 bits per heavy atom. The molecule has 0 fully saturated rings. The molecule has 1 rings (SSSR count). The van der Waals surface area contributed by atoms with Crippen LogP contribution in [0.5, 0.6) is 0 Å². The number of nitrogens with one attached hydrogen (secondary N) is 1. The minimum Gasteiger partial charge on any atom is -0.370 e. The van der Waals surface area contributed by atoms with Crippen LogP contribution in [0.25, 0.3) is 0 Å². The van der Waals surface area contributed by atoms with Gasteiger partial charge >= 0.3 is 0 Å². The summed E-state index contributed by atoms with van der Waals surface area (Å²) in [5.41, 5.74) is 8.28. The lowest BCUT2D eigenvalue weighted by Crippen LogP contribution is -2.31. The van der Waals surface area contributed by atoms with Crippen molar-refractivity contribution in [2.24, 2.45) is 10.7 Å². The second-order valence-corrected chi connectivity index (χ2v) is 3.61. The van der Waals surface area contributed by atoms with Crippen molar-refractivity contribution in [2.45, 2.75) is 13.3 Å². The second-order valence-electron chi connectivity index (χ2n) is 3.61. The van der Waals surface area contributed by atoms with E-state index in [0.29, 0.717) is 19.0 Å². The molecule has 3 nitrogen and oxygen atoms in total. The maximum atomic E-state index is 5.65. The van der Waals surface area contributed by atoms with E-state index in [1.165, 1.54) is 11.1 Å². The number of rotatable bonds is 5. The van der Waals surface area contributed by atoms with Crippen molar-refractivity contribution in [3.05, 3.63) is 48.0 Å². The van der Waals surface area contributed by atoms with Gasteiger partial charge < -0.3 is 11.1 Å². The number of nitrogens with zero attached hydrogens (tertiary/aromatic N) is 1. The SMILES string of the molecule is C=CCNC(N)=NCCc1ccccc1C.I. The summed E-state index contributed by atoms with van der Waals surface area (Å²) in [6.45, 7) is 7.07. The van der Waals surface area contributed by atoms with Crippen LogP contribution in [0.2, 0.25) is 0 Å². The first-order valence-corrected chi connectivity index (χ1v) is 5.43. The summed E-state index contributed by atoms with van der Waals surface area (Å²) in [5.74, 6) is 0.480. The third-order valence-electron chi connectivity index (χ3n) is 2.35. The Balaban J connectivity index is 0.00000256. The van der Waals surface area contributed by atoms with Crippen LogP contribution in [0.4, 0.5) is 0 Å². The zero-order valence-corrected chi connectivity index (χ0v) is 12.5. The lowest BCUT2D eigenvalue weighted by molar-refractivity contribution is 0.923. The predicted molar refractivity (Wildman–Crippen MR) is 85.0 cm³/mol. The summed E-state index contributed by atoms with van der Waals surface area (Å²) in [5, 5.41) is 2.94. The molecule has 0 bridgehead atoms. The van der Waals surface area contributed by atoms with Gasteiger partial charge in [0.05, 0.1) is 0 Å². The van der Waals surface area contributed by atoms with Gasteiger partial charge in [0.15, 0.2) is 5.96 Å². The topological polar surface area (TPSA) is 50.4 Å². The van der Waals surface area contributed by atoms with Gasteiger partial charge in [0.2, 0.25) is 0 Å². The van der Waals surface area contributed by atoms with E-state index in [2.05, 4.69) is 35.9 Å². The minimum absolute atomic E-state index is 0. The number of aliphatic imine (C=N–C) groups is 1. The Morgan fingerprint density at radius 2 is 2.18 bits per heavy atom. The molecule has 1 aromatic rings. The molecule has 0 spiro atoms. The van der Waals surface area contributed by atoms with E-state index < -0.39 is 0 Å². The second kappa shape index (κ2) is 9.04. The molecule has 0 aliphatic carbocycles. The number of benzene rings is 1. The van der Waals surface area contributed by atoms with Gasteiger partial charge in [-0.3, -0.25) is 4.99 Å². The van der Waals surface area contributed by atoms with E-state index in [0.717, 1.165) is 6.42 Å². The fourth-order valence-corrected chi connectivity index (χ4v) is 1.42. The molecule has 0 heterocycles. The third kappa shape index (κ3) is 6.31. The summed E-state index contributed by atoms with van der Waals surface area (Å²) in [7, 11) is 0. The van der Waals surface area contributed by atoms with E-state index in [1.54, 1.807) is 6.08 Å². The molecule has 0 atom stereocenters. The zero-order chi connectivity index (χ0) is 11.8. The molecule has 0 amide bonds. The molecule has 17 heavy (non-hydrogen) atoms. The van der Waals surface area contributed by atoms with Crippen molar-refractivity contribution in [1.29, 1.82) is 0 Å². The Morgan fingerprint density at radius 3 is 2.82 bits per heavy atom. The average molecular weight is 345 g/mol. The van der Waals surface area contributed by atoms with Crippen LogP contribution in [0.15, 0.2) is 41.9 Å². The molecule has 0 aliphatic heterocycles. The number of nitrogens with two attached hydrogens (primary N) is 1. The maximum Gasteiger partial charge on any atom is 0.188 e. The largest absolute Gasteiger partial charge is 0.370 e. The molecule has 0 aromatic heterocycles. The van der Waals surface area contributed by atoms with Gasteiger partial charge in [0.1, 0.15) is 0 Å². The van der Waals surface area contributed by atoms with Crippen molar-refractivity contribution in [3.63, 3.8) is 0 Å². The van der Waals surface area contributed by atoms with Gasteiger partial charge in [-0.15, -0.1) is 30.6 Å². The van der Waals surface area contributed by atoms with Crippen LogP contribution < -0.4 is 11.1 Å². The van der Waals surface area contributed by atoms with E-state index in [-0.39, 0.29) is 24.0 Å². The van der Waals surface area contributed by atoms with Gasteiger partial charge in [-0.25, -0.2) is 0 Å². The highest BCUT2D eigenvalue weighted by Crippen LogP contribution is 2.07. The summed E-state index contributed by atoms with van der Waals surface area (Å²) >= 11 is 0. The first-order valence-electron chi connectivity index (χ1n) is 5.43. The van der Waals surface area contributed by atoms with E-state index in [4.69, 9.17) is 5.73 Å². The van der Waals surface area contributed by atoms with E-state index in [9.17, 15) is 0 Å². The van der Waals surface area contributed by atoms with Crippen molar-refractivity contribution < 1.29 is 0 Å². The van der Waals surface area contributed by atoms with Crippen molar-refractivity contribution in [1.82, 2.24) is 5.32 Å². The van der Waals surface area contributed by atoms with Crippen LogP contribution in [-0.4, -0.2) is 19.0 Å². The van der Waals surface area contributed by atoms with E-state index >= 15 is 0 Å². The summed E-state index contributed by atoms with van der Waals surface area (Å²) < 4.78 is 0. The van der Waals surface area contributed by atoms with Gasteiger partial charge in [0.25, 0.3) is 0 Å². The number of aryl methyl sites for hydroxylation is 1. The fourth-order valence-electron chi connectivity index (χ4n) is 1.42. The summed E-state index contributed by atoms with van der Waals surface area (Å²) in [4.78, 5) is 4.23. The Hall–Kier alpha value is -1.04. The normalized spacial score (nSPS) is 10.5. The Bertz CT molecular complexity index is 375. The van der Waals surface area contributed by atoms with Crippen LogP contribution in [0, 0.1) is 6.92 Å². The van der Waals surface area contributed by atoms with Crippen LogP contribution in [0.3, 0.4) is 0 Å². The molecule has 4 heteroatoms. The Kier molecular flexibility index (Phi) is 8.49. The first-order chi connectivity index (χ1) is 7.74. The molecule has 1 aromatic carbocycles. The van der Waals surface area contributed by atoms with E-state index in [1.807, 2.05) is 12.1 Å². The molecule has 3 N–H and O–H groups in total. The number of hydrogen-bond acceptors (Lipinski definition) is 1. The predicted octanol–water partition coefficient (Wildman–Crippen LogP) is 2.25. The first kappa shape index (κ1) is 16.0. The van der Waals surface area contributed by atoms with Crippen molar-refractivity contribution in [2.75, 3.05) is 13.1 Å². The molecular weight excluding hydrogens is 325 g/mol. The molecule has 94 valence electrons. The fraction of sp³-hybridized carbons (Fsp3) is 0.308. The summed E-state index contributed by atoms with van der Waals surface area (Å²) in [6, 6.07) is 8.32. The van der Waals surface area contributed by atoms with Gasteiger partial charge in [-0.2, -0.15) is 0 Å².